The lowest BCUT2D eigenvalue weighted by Crippen LogP contribution is -2.33. The molecule has 1 aliphatic carbocycles. The van der Waals surface area contributed by atoms with Crippen molar-refractivity contribution in [3.63, 3.8) is 0 Å². The number of benzene rings is 2. The maximum atomic E-state index is 6.04. The molecule has 0 fully saturated rings. The zero-order valence-corrected chi connectivity index (χ0v) is 15.8. The highest BCUT2D eigenvalue weighted by Crippen LogP contribution is 2.37. The summed E-state index contributed by atoms with van der Waals surface area (Å²) < 4.78 is 0. The van der Waals surface area contributed by atoms with Crippen LogP contribution in [0.1, 0.15) is 30.9 Å². The van der Waals surface area contributed by atoms with Crippen LogP contribution in [0.5, 0.6) is 0 Å². The average Bonchev–Trinajstić information content (AvgIpc) is 2.55. The van der Waals surface area contributed by atoms with Gasteiger partial charge in [-0.05, 0) is 42.5 Å². The van der Waals surface area contributed by atoms with Gasteiger partial charge in [-0.15, -0.1) is 24.0 Å². The Labute approximate surface area is 155 Å². The van der Waals surface area contributed by atoms with Gasteiger partial charge >= 0.3 is 0 Å². The second kappa shape index (κ2) is 7.81. The summed E-state index contributed by atoms with van der Waals surface area (Å²) in [4.78, 5) is 4.60. The Bertz CT molecular complexity index is 669. The summed E-state index contributed by atoms with van der Waals surface area (Å²) in [5.41, 5.74) is 9.98. The van der Waals surface area contributed by atoms with Crippen LogP contribution in [-0.2, 0) is 11.8 Å². The molecule has 2 aromatic rings. The number of halogens is 1. The van der Waals surface area contributed by atoms with Crippen LogP contribution in [0.15, 0.2) is 59.6 Å². The Hall–Kier alpha value is -1.56. The van der Waals surface area contributed by atoms with Crippen LogP contribution >= 0.6 is 24.0 Å². The van der Waals surface area contributed by atoms with Crippen LogP contribution < -0.4 is 11.1 Å². The number of hydrogen-bond acceptors (Lipinski definition) is 1. The predicted molar refractivity (Wildman–Crippen MR) is 109 cm³/mol. The van der Waals surface area contributed by atoms with Gasteiger partial charge in [0.2, 0.25) is 0 Å². The molecule has 0 amide bonds. The number of aryl methyl sites for hydroxylation is 1. The summed E-state index contributed by atoms with van der Waals surface area (Å²) >= 11 is 0. The van der Waals surface area contributed by atoms with Crippen LogP contribution in [0.2, 0.25) is 0 Å². The molecule has 0 aromatic heterocycles. The maximum absolute atomic E-state index is 6.04. The lowest BCUT2D eigenvalue weighted by molar-refractivity contribution is 0.405. The van der Waals surface area contributed by atoms with Crippen molar-refractivity contribution in [2.45, 2.75) is 31.6 Å². The van der Waals surface area contributed by atoms with Gasteiger partial charge in [0.25, 0.3) is 0 Å². The minimum absolute atomic E-state index is 0. The number of rotatable bonds is 3. The fourth-order valence-electron chi connectivity index (χ4n) is 3.26. The van der Waals surface area contributed by atoms with Crippen molar-refractivity contribution >= 4 is 35.6 Å². The summed E-state index contributed by atoms with van der Waals surface area (Å²) in [6.07, 6.45) is 3.55. The molecule has 0 heterocycles. The Morgan fingerprint density at radius 3 is 2.61 bits per heavy atom. The summed E-state index contributed by atoms with van der Waals surface area (Å²) in [5, 5.41) is 3.15. The quantitative estimate of drug-likeness (QED) is 0.441. The maximum Gasteiger partial charge on any atom is 0.193 e. The van der Waals surface area contributed by atoms with E-state index in [2.05, 4.69) is 41.5 Å². The minimum atomic E-state index is 0. The summed E-state index contributed by atoms with van der Waals surface area (Å²) in [6, 6.07) is 18.6. The van der Waals surface area contributed by atoms with Crippen LogP contribution in [-0.4, -0.2) is 12.5 Å². The van der Waals surface area contributed by atoms with Crippen molar-refractivity contribution in [3.05, 3.63) is 65.7 Å². The zero-order chi connectivity index (χ0) is 15.4. The largest absolute Gasteiger partial charge is 0.370 e. The third-order valence-electron chi connectivity index (χ3n) is 4.49. The molecule has 0 radical (unpaired) electrons. The SMILES string of the molecule is CC1(CN=C(N)Nc2ccccc2)CCCc2ccccc21.I. The van der Waals surface area contributed by atoms with E-state index in [9.17, 15) is 0 Å². The highest BCUT2D eigenvalue weighted by atomic mass is 127. The molecule has 4 heteroatoms. The van der Waals surface area contributed by atoms with Gasteiger partial charge in [-0.2, -0.15) is 0 Å². The highest BCUT2D eigenvalue weighted by Gasteiger charge is 2.31. The van der Waals surface area contributed by atoms with Gasteiger partial charge in [0.15, 0.2) is 5.96 Å². The Morgan fingerprint density at radius 1 is 1.13 bits per heavy atom. The summed E-state index contributed by atoms with van der Waals surface area (Å²) in [6.45, 7) is 3.01. The molecule has 23 heavy (non-hydrogen) atoms. The molecule has 122 valence electrons. The van der Waals surface area contributed by atoms with Crippen molar-refractivity contribution in [2.75, 3.05) is 11.9 Å². The second-order valence-corrected chi connectivity index (χ2v) is 6.26. The molecular formula is C19H24IN3. The minimum Gasteiger partial charge on any atom is -0.370 e. The predicted octanol–water partition coefficient (Wildman–Crippen LogP) is 4.33. The molecule has 3 rings (SSSR count). The molecule has 3 N–H and O–H groups in total. The van der Waals surface area contributed by atoms with E-state index in [1.54, 1.807) is 0 Å². The van der Waals surface area contributed by atoms with E-state index in [1.807, 2.05) is 30.3 Å². The van der Waals surface area contributed by atoms with E-state index < -0.39 is 0 Å². The molecular weight excluding hydrogens is 397 g/mol. The van der Waals surface area contributed by atoms with Gasteiger partial charge in [-0.25, -0.2) is 0 Å². The molecule has 3 nitrogen and oxygen atoms in total. The van der Waals surface area contributed by atoms with Crippen LogP contribution in [0.4, 0.5) is 5.69 Å². The van der Waals surface area contributed by atoms with E-state index in [4.69, 9.17) is 5.73 Å². The zero-order valence-electron chi connectivity index (χ0n) is 13.5. The van der Waals surface area contributed by atoms with Gasteiger partial charge < -0.3 is 11.1 Å². The van der Waals surface area contributed by atoms with Gasteiger partial charge in [0.05, 0.1) is 6.54 Å². The molecule has 0 bridgehead atoms. The number of nitrogens with zero attached hydrogens (tertiary/aromatic N) is 1. The lowest BCUT2D eigenvalue weighted by atomic mass is 9.71. The van der Waals surface area contributed by atoms with Crippen molar-refractivity contribution in [1.29, 1.82) is 0 Å². The number of nitrogens with two attached hydrogens (primary N) is 1. The molecule has 0 saturated heterocycles. The molecule has 0 aliphatic heterocycles. The number of aliphatic imine (C=N–C) groups is 1. The van der Waals surface area contributed by atoms with E-state index in [0.717, 1.165) is 18.7 Å². The average molecular weight is 421 g/mol. The molecule has 2 aromatic carbocycles. The summed E-state index contributed by atoms with van der Waals surface area (Å²) in [7, 11) is 0. The van der Waals surface area contributed by atoms with Crippen LogP contribution in [0.25, 0.3) is 0 Å². The van der Waals surface area contributed by atoms with E-state index >= 15 is 0 Å². The fourth-order valence-corrected chi connectivity index (χ4v) is 3.26. The van der Waals surface area contributed by atoms with Crippen LogP contribution in [0, 0.1) is 0 Å². The van der Waals surface area contributed by atoms with Gasteiger partial charge in [0, 0.05) is 11.1 Å². The normalized spacial score (nSPS) is 20.3. The lowest BCUT2D eigenvalue weighted by Gasteiger charge is -2.34. The van der Waals surface area contributed by atoms with E-state index in [-0.39, 0.29) is 29.4 Å². The molecule has 0 spiro atoms. The number of nitrogens with one attached hydrogen (secondary N) is 1. The van der Waals surface area contributed by atoms with Crippen molar-refractivity contribution in [2.24, 2.45) is 10.7 Å². The van der Waals surface area contributed by atoms with Crippen molar-refractivity contribution < 1.29 is 0 Å². The monoisotopic (exact) mass is 421 g/mol. The Morgan fingerprint density at radius 2 is 1.83 bits per heavy atom. The third kappa shape index (κ3) is 4.25. The highest BCUT2D eigenvalue weighted by molar-refractivity contribution is 14.0. The number of fused-ring (bicyclic) bond motifs is 1. The smallest absolute Gasteiger partial charge is 0.193 e. The van der Waals surface area contributed by atoms with Gasteiger partial charge in [-0.3, -0.25) is 4.99 Å². The third-order valence-corrected chi connectivity index (χ3v) is 4.49. The summed E-state index contributed by atoms with van der Waals surface area (Å²) in [5.74, 6) is 0.482. The van der Waals surface area contributed by atoms with Crippen molar-refractivity contribution in [1.82, 2.24) is 0 Å². The number of guanidine groups is 1. The van der Waals surface area contributed by atoms with Crippen LogP contribution in [0.3, 0.4) is 0 Å². The van der Waals surface area contributed by atoms with Gasteiger partial charge in [0.1, 0.15) is 0 Å². The Kier molecular flexibility index (Phi) is 6.04. The Balaban J connectivity index is 0.00000192. The first-order valence-corrected chi connectivity index (χ1v) is 7.88. The molecule has 1 unspecified atom stereocenters. The first-order valence-electron chi connectivity index (χ1n) is 7.88. The standard InChI is InChI=1S/C19H23N3.HI/c1-19(13-7-9-15-8-5-6-12-17(15)19)14-21-18(20)22-16-10-3-2-4-11-16;/h2-6,8,10-12H,7,9,13-14H2,1H3,(H3,20,21,22);1H. The molecule has 0 saturated carbocycles. The molecule has 1 aliphatic rings. The number of hydrogen-bond donors (Lipinski definition) is 2. The first-order chi connectivity index (χ1) is 10.7. The second-order valence-electron chi connectivity index (χ2n) is 6.26. The van der Waals surface area contributed by atoms with Crippen molar-refractivity contribution in [3.8, 4) is 0 Å². The number of anilines is 1. The van der Waals surface area contributed by atoms with E-state index in [0.29, 0.717) is 5.96 Å². The first kappa shape index (κ1) is 17.8. The number of para-hydroxylation sites is 1. The molecule has 1 atom stereocenters. The van der Waals surface area contributed by atoms with E-state index in [1.165, 1.54) is 24.0 Å². The fraction of sp³-hybridized carbons (Fsp3) is 0.316. The van der Waals surface area contributed by atoms with Gasteiger partial charge in [-0.1, -0.05) is 49.4 Å². The topological polar surface area (TPSA) is 50.4 Å².